The van der Waals surface area contributed by atoms with Crippen LogP contribution in [0.4, 0.5) is 0 Å². The summed E-state index contributed by atoms with van der Waals surface area (Å²) in [5.41, 5.74) is 2.30. The number of thiazole rings is 1. The summed E-state index contributed by atoms with van der Waals surface area (Å²) in [5.74, 6) is -0.0862. The highest BCUT2D eigenvalue weighted by atomic mass is 35.5. The van der Waals surface area contributed by atoms with Crippen LogP contribution >= 0.6 is 36.2 Å². The zero-order valence-electron chi connectivity index (χ0n) is 12.5. The third-order valence-corrected chi connectivity index (χ3v) is 4.44. The van der Waals surface area contributed by atoms with Crippen molar-refractivity contribution in [2.24, 2.45) is 5.92 Å². The van der Waals surface area contributed by atoms with Gasteiger partial charge < -0.3 is 20.7 Å². The van der Waals surface area contributed by atoms with Gasteiger partial charge in [-0.1, -0.05) is 0 Å². The summed E-state index contributed by atoms with van der Waals surface area (Å²) >= 11 is 1.58. The topological polar surface area (TPSA) is 90.0 Å². The average Bonchev–Trinajstić information content (AvgIpc) is 3.16. The van der Waals surface area contributed by atoms with Crippen molar-refractivity contribution in [3.05, 3.63) is 28.3 Å². The Morgan fingerprint density at radius 3 is 2.87 bits per heavy atom. The van der Waals surface area contributed by atoms with E-state index in [1.165, 1.54) is 0 Å². The lowest BCUT2D eigenvalue weighted by Gasteiger charge is -2.13. The second-order valence-corrected chi connectivity index (χ2v) is 6.31. The number of H-pyrrole nitrogens is 1. The van der Waals surface area contributed by atoms with Crippen molar-refractivity contribution in [3.63, 3.8) is 0 Å². The van der Waals surface area contributed by atoms with E-state index in [0.29, 0.717) is 18.8 Å². The first-order valence-corrected chi connectivity index (χ1v) is 7.79. The fraction of sp³-hybridized carbons (Fsp3) is 0.429. The molecule has 1 saturated heterocycles. The van der Waals surface area contributed by atoms with Crippen molar-refractivity contribution in [3.8, 4) is 11.3 Å². The van der Waals surface area contributed by atoms with Gasteiger partial charge in [-0.05, 0) is 13.0 Å². The molecule has 2 aromatic rings. The Bertz CT molecular complexity index is 646. The molecule has 0 bridgehead atoms. The molecule has 2 atom stereocenters. The maximum atomic E-state index is 12.1. The fourth-order valence-electron chi connectivity index (χ4n) is 2.42. The molecule has 9 heteroatoms. The summed E-state index contributed by atoms with van der Waals surface area (Å²) in [6.45, 7) is 3.75. The molecule has 1 fully saturated rings. The zero-order chi connectivity index (χ0) is 14.8. The van der Waals surface area contributed by atoms with Crippen LogP contribution in [0.2, 0.25) is 0 Å². The van der Waals surface area contributed by atoms with E-state index in [2.05, 4.69) is 20.6 Å². The minimum absolute atomic E-state index is 0. The molecule has 6 nitrogen and oxygen atoms in total. The number of aryl methyl sites for hydroxylation is 1. The van der Waals surface area contributed by atoms with Crippen LogP contribution in [-0.2, 0) is 0 Å². The minimum atomic E-state index is -0.387. The fourth-order valence-corrected chi connectivity index (χ4v) is 3.04. The summed E-state index contributed by atoms with van der Waals surface area (Å²) in [4.78, 5) is 19.5. The van der Waals surface area contributed by atoms with E-state index < -0.39 is 0 Å². The maximum absolute atomic E-state index is 12.1. The van der Waals surface area contributed by atoms with Crippen LogP contribution in [0, 0.1) is 12.8 Å². The quantitative estimate of drug-likeness (QED) is 0.650. The van der Waals surface area contributed by atoms with E-state index in [-0.39, 0.29) is 42.7 Å². The molecular weight excluding hydrogens is 359 g/mol. The molecule has 2 unspecified atom stereocenters. The minimum Gasteiger partial charge on any atom is -0.391 e. The Kier molecular flexibility index (Phi) is 7.50. The molecule has 1 aliphatic heterocycles. The third-order valence-electron chi connectivity index (χ3n) is 3.67. The molecule has 2 aromatic heterocycles. The van der Waals surface area contributed by atoms with E-state index in [1.807, 2.05) is 12.3 Å². The predicted molar refractivity (Wildman–Crippen MR) is 95.8 cm³/mol. The molecule has 4 N–H and O–H groups in total. The molecule has 23 heavy (non-hydrogen) atoms. The standard InChI is InChI=1S/C14H18N4O2S.2ClH/c1-8-18-12(7-21-8)9-2-11(16-4-9)14(20)17-5-10-3-15-6-13(10)19;;/h2,4,7,10,13,15-16,19H,3,5-6H2,1H3,(H,17,20);2*1H. The summed E-state index contributed by atoms with van der Waals surface area (Å²) in [7, 11) is 0. The van der Waals surface area contributed by atoms with E-state index in [1.54, 1.807) is 23.6 Å². The number of β-amino-alcohol motifs (C(OH)–C–C–N with tert-alkyl or cyclic N) is 1. The van der Waals surface area contributed by atoms with E-state index in [9.17, 15) is 9.90 Å². The summed E-state index contributed by atoms with van der Waals surface area (Å²) in [6, 6.07) is 1.80. The number of halogens is 2. The molecule has 0 aliphatic carbocycles. The van der Waals surface area contributed by atoms with Crippen molar-refractivity contribution < 1.29 is 9.90 Å². The van der Waals surface area contributed by atoms with Gasteiger partial charge in [-0.15, -0.1) is 36.2 Å². The number of nitrogens with one attached hydrogen (secondary N) is 3. The van der Waals surface area contributed by atoms with Crippen LogP contribution < -0.4 is 10.6 Å². The number of carbonyl (C=O) groups excluding carboxylic acids is 1. The van der Waals surface area contributed by atoms with Crippen molar-refractivity contribution in [2.45, 2.75) is 13.0 Å². The SMILES string of the molecule is Cc1nc(-c2c[nH]c(C(=O)NCC3CNCC3O)c2)cs1.Cl.Cl. The highest BCUT2D eigenvalue weighted by molar-refractivity contribution is 7.09. The Labute approximate surface area is 150 Å². The van der Waals surface area contributed by atoms with Gasteiger partial charge in [-0.25, -0.2) is 4.98 Å². The smallest absolute Gasteiger partial charge is 0.267 e. The third kappa shape index (κ3) is 4.68. The van der Waals surface area contributed by atoms with Gasteiger partial charge >= 0.3 is 0 Å². The highest BCUT2D eigenvalue weighted by Gasteiger charge is 2.25. The maximum Gasteiger partial charge on any atom is 0.267 e. The van der Waals surface area contributed by atoms with Gasteiger partial charge in [0.1, 0.15) is 5.69 Å². The number of hydrogen-bond acceptors (Lipinski definition) is 5. The van der Waals surface area contributed by atoms with E-state index in [4.69, 9.17) is 0 Å². The van der Waals surface area contributed by atoms with Gasteiger partial charge in [0.2, 0.25) is 0 Å². The van der Waals surface area contributed by atoms with Crippen LogP contribution in [0.3, 0.4) is 0 Å². The number of nitrogens with zero attached hydrogens (tertiary/aromatic N) is 1. The van der Waals surface area contributed by atoms with Crippen molar-refractivity contribution in [1.29, 1.82) is 0 Å². The van der Waals surface area contributed by atoms with Crippen LogP contribution in [0.15, 0.2) is 17.6 Å². The number of rotatable bonds is 4. The number of hydrogen-bond donors (Lipinski definition) is 4. The molecule has 1 amide bonds. The van der Waals surface area contributed by atoms with Crippen molar-refractivity contribution >= 4 is 42.1 Å². The number of carbonyl (C=O) groups is 1. The monoisotopic (exact) mass is 378 g/mol. The lowest BCUT2D eigenvalue weighted by Crippen LogP contribution is -2.34. The van der Waals surface area contributed by atoms with Gasteiger partial charge in [0.05, 0.1) is 16.8 Å². The first-order chi connectivity index (χ1) is 10.1. The first-order valence-electron chi connectivity index (χ1n) is 6.91. The molecule has 0 saturated carbocycles. The number of aromatic amines is 1. The zero-order valence-corrected chi connectivity index (χ0v) is 15.0. The summed E-state index contributed by atoms with van der Waals surface area (Å²) < 4.78 is 0. The second-order valence-electron chi connectivity index (χ2n) is 5.25. The normalized spacial score (nSPS) is 19.7. The Balaban J connectivity index is 0.00000132. The van der Waals surface area contributed by atoms with Crippen molar-refractivity contribution in [2.75, 3.05) is 19.6 Å². The van der Waals surface area contributed by atoms with E-state index >= 15 is 0 Å². The Morgan fingerprint density at radius 2 is 2.26 bits per heavy atom. The molecular formula is C14H20Cl2N4O2S. The van der Waals surface area contributed by atoms with E-state index in [0.717, 1.165) is 22.8 Å². The summed E-state index contributed by atoms with van der Waals surface area (Å²) in [5, 5.41) is 18.6. The largest absolute Gasteiger partial charge is 0.391 e. The Morgan fingerprint density at radius 1 is 1.48 bits per heavy atom. The highest BCUT2D eigenvalue weighted by Crippen LogP contribution is 2.22. The second kappa shape index (κ2) is 8.65. The number of amides is 1. The van der Waals surface area contributed by atoms with Crippen molar-refractivity contribution in [1.82, 2.24) is 20.6 Å². The van der Waals surface area contributed by atoms with Gasteiger partial charge in [0.15, 0.2) is 0 Å². The van der Waals surface area contributed by atoms with Crippen LogP contribution in [0.1, 0.15) is 15.5 Å². The molecule has 0 aromatic carbocycles. The predicted octanol–water partition coefficient (Wildman–Crippen LogP) is 1.60. The van der Waals surface area contributed by atoms with Crippen LogP contribution in [-0.4, -0.2) is 46.7 Å². The molecule has 3 rings (SSSR count). The van der Waals surface area contributed by atoms with Crippen LogP contribution in [0.25, 0.3) is 11.3 Å². The Hall–Kier alpha value is -1.12. The number of aliphatic hydroxyl groups is 1. The lowest BCUT2D eigenvalue weighted by atomic mass is 10.1. The lowest BCUT2D eigenvalue weighted by molar-refractivity contribution is 0.0923. The van der Waals surface area contributed by atoms with Gasteiger partial charge in [-0.2, -0.15) is 0 Å². The van der Waals surface area contributed by atoms with Crippen LogP contribution in [0.5, 0.6) is 0 Å². The number of aromatic nitrogens is 2. The molecule has 128 valence electrons. The van der Waals surface area contributed by atoms with Gasteiger partial charge in [0, 0.05) is 42.7 Å². The molecule has 0 radical (unpaired) electrons. The molecule has 1 aliphatic rings. The average molecular weight is 379 g/mol. The van der Waals surface area contributed by atoms with Gasteiger partial charge in [0.25, 0.3) is 5.91 Å². The van der Waals surface area contributed by atoms with Gasteiger partial charge in [-0.3, -0.25) is 4.79 Å². The summed E-state index contributed by atoms with van der Waals surface area (Å²) in [6.07, 6.45) is 1.40. The first kappa shape index (κ1) is 19.9. The molecule has 0 spiro atoms. The molecule has 3 heterocycles. The number of aliphatic hydroxyl groups excluding tert-OH is 1.